The topological polar surface area (TPSA) is 92.9 Å². The van der Waals surface area contributed by atoms with Crippen LogP contribution in [0.2, 0.25) is 0 Å². The Hall–Kier alpha value is -2.98. The first-order valence-electron chi connectivity index (χ1n) is 8.07. The van der Waals surface area contributed by atoms with Crippen molar-refractivity contribution in [1.29, 1.82) is 5.26 Å². The molecule has 0 radical (unpaired) electrons. The van der Waals surface area contributed by atoms with E-state index in [0.29, 0.717) is 11.0 Å². The van der Waals surface area contributed by atoms with Gasteiger partial charge in [-0.1, -0.05) is 29.8 Å². The van der Waals surface area contributed by atoms with E-state index in [-0.39, 0.29) is 23.1 Å². The first-order chi connectivity index (χ1) is 12.5. The molecule has 132 valence electrons. The fourth-order valence-electron chi connectivity index (χ4n) is 2.55. The summed E-state index contributed by atoms with van der Waals surface area (Å²) in [4.78, 5) is 8.80. The van der Waals surface area contributed by atoms with Crippen molar-refractivity contribution < 1.29 is 13.2 Å². The molecule has 0 N–H and O–H groups in total. The van der Waals surface area contributed by atoms with Gasteiger partial charge in [-0.2, -0.15) is 5.26 Å². The van der Waals surface area contributed by atoms with Gasteiger partial charge in [0.05, 0.1) is 28.6 Å². The molecule has 0 aliphatic heterocycles. The number of aryl methyl sites for hydroxylation is 1. The van der Waals surface area contributed by atoms with Crippen LogP contribution in [-0.4, -0.2) is 25.0 Å². The summed E-state index contributed by atoms with van der Waals surface area (Å²) in [5, 5.41) is 8.13. The number of ether oxygens (including phenoxy) is 1. The van der Waals surface area contributed by atoms with Crippen molar-refractivity contribution in [3.05, 3.63) is 59.8 Å². The van der Waals surface area contributed by atoms with Crippen LogP contribution in [0.15, 0.2) is 53.4 Å². The highest BCUT2D eigenvalue weighted by Crippen LogP contribution is 2.33. The molecule has 0 saturated carbocycles. The van der Waals surface area contributed by atoms with Gasteiger partial charge in [0.2, 0.25) is 15.7 Å². The molecule has 0 amide bonds. The maximum Gasteiger partial charge on any atom is 0.238 e. The Labute approximate surface area is 152 Å². The van der Waals surface area contributed by atoms with Crippen molar-refractivity contribution in [2.24, 2.45) is 0 Å². The highest BCUT2D eigenvalue weighted by molar-refractivity contribution is 7.92. The average Bonchev–Trinajstić information content (AvgIpc) is 2.63. The standard InChI is InChI=1S/C19H17N3O3S/c1-3-25-19-18(21-15-6-4-5-7-16(15)22-19)17(12-20)26(23,24)14-10-8-13(2)9-11-14/h4-11,17H,3H2,1-2H3. The van der Waals surface area contributed by atoms with Crippen LogP contribution in [0.3, 0.4) is 0 Å². The van der Waals surface area contributed by atoms with Crippen LogP contribution in [0, 0.1) is 18.3 Å². The SMILES string of the molecule is CCOc1nc2ccccc2nc1C(C#N)S(=O)(=O)c1ccc(C)cc1. The van der Waals surface area contributed by atoms with Gasteiger partial charge in [-0.05, 0) is 38.1 Å². The fourth-order valence-corrected chi connectivity index (χ4v) is 3.93. The van der Waals surface area contributed by atoms with E-state index < -0.39 is 15.1 Å². The van der Waals surface area contributed by atoms with E-state index in [9.17, 15) is 13.7 Å². The number of benzene rings is 2. The van der Waals surface area contributed by atoms with Crippen LogP contribution in [0.1, 0.15) is 23.4 Å². The van der Waals surface area contributed by atoms with Crippen molar-refractivity contribution >= 4 is 20.9 Å². The van der Waals surface area contributed by atoms with Gasteiger partial charge in [0.15, 0.2) is 5.25 Å². The van der Waals surface area contributed by atoms with Crippen LogP contribution in [0.25, 0.3) is 11.0 Å². The Morgan fingerprint density at radius 3 is 2.27 bits per heavy atom. The molecule has 26 heavy (non-hydrogen) atoms. The predicted molar refractivity (Wildman–Crippen MR) is 97.4 cm³/mol. The van der Waals surface area contributed by atoms with Crippen molar-refractivity contribution in [1.82, 2.24) is 9.97 Å². The molecule has 2 aromatic carbocycles. The number of nitrogens with zero attached hydrogens (tertiary/aromatic N) is 3. The maximum absolute atomic E-state index is 13.0. The molecule has 3 aromatic rings. The third kappa shape index (κ3) is 3.24. The highest BCUT2D eigenvalue weighted by Gasteiger charge is 2.34. The Balaban J connectivity index is 2.19. The maximum atomic E-state index is 13.0. The van der Waals surface area contributed by atoms with E-state index in [1.54, 1.807) is 43.3 Å². The summed E-state index contributed by atoms with van der Waals surface area (Å²) in [6, 6.07) is 15.3. The molecular formula is C19H17N3O3S. The van der Waals surface area contributed by atoms with Gasteiger partial charge >= 0.3 is 0 Å². The first-order valence-corrected chi connectivity index (χ1v) is 9.61. The molecule has 3 rings (SSSR count). The summed E-state index contributed by atoms with van der Waals surface area (Å²) in [5.74, 6) is 0.0634. The molecular weight excluding hydrogens is 350 g/mol. The summed E-state index contributed by atoms with van der Waals surface area (Å²) in [7, 11) is -3.97. The normalized spacial score (nSPS) is 12.5. The molecule has 6 nitrogen and oxygen atoms in total. The van der Waals surface area contributed by atoms with Crippen molar-refractivity contribution in [2.75, 3.05) is 6.61 Å². The zero-order valence-corrected chi connectivity index (χ0v) is 15.2. The summed E-state index contributed by atoms with van der Waals surface area (Å²) in [6.07, 6.45) is 0. The number of fused-ring (bicyclic) bond motifs is 1. The third-order valence-corrected chi connectivity index (χ3v) is 5.75. The molecule has 1 atom stereocenters. The molecule has 0 saturated heterocycles. The van der Waals surface area contributed by atoms with E-state index in [1.807, 2.05) is 13.0 Å². The van der Waals surface area contributed by atoms with Gasteiger partial charge in [-0.15, -0.1) is 0 Å². The van der Waals surface area contributed by atoms with E-state index >= 15 is 0 Å². The van der Waals surface area contributed by atoms with Crippen molar-refractivity contribution in [2.45, 2.75) is 24.0 Å². The summed E-state index contributed by atoms with van der Waals surface area (Å²) >= 11 is 0. The Kier molecular flexibility index (Phi) is 4.87. The number of sulfone groups is 1. The number of nitriles is 1. The smallest absolute Gasteiger partial charge is 0.238 e. The summed E-state index contributed by atoms with van der Waals surface area (Å²) < 4.78 is 31.5. The number of rotatable bonds is 5. The second-order valence-corrected chi connectivity index (χ2v) is 7.74. The summed E-state index contributed by atoms with van der Waals surface area (Å²) in [6.45, 7) is 3.90. The van der Waals surface area contributed by atoms with E-state index in [2.05, 4.69) is 9.97 Å². The number of hydrogen-bond donors (Lipinski definition) is 0. The second-order valence-electron chi connectivity index (χ2n) is 5.70. The largest absolute Gasteiger partial charge is 0.477 e. The lowest BCUT2D eigenvalue weighted by atomic mass is 10.2. The van der Waals surface area contributed by atoms with Gasteiger partial charge < -0.3 is 4.74 Å². The van der Waals surface area contributed by atoms with E-state index in [0.717, 1.165) is 5.56 Å². The molecule has 1 heterocycles. The number of hydrogen-bond acceptors (Lipinski definition) is 6. The fraction of sp³-hybridized carbons (Fsp3) is 0.211. The molecule has 0 aliphatic carbocycles. The van der Waals surface area contributed by atoms with Gasteiger partial charge in [0.1, 0.15) is 5.69 Å². The van der Waals surface area contributed by atoms with Gasteiger partial charge in [0, 0.05) is 0 Å². The Morgan fingerprint density at radius 1 is 1.08 bits per heavy atom. The molecule has 1 unspecified atom stereocenters. The molecule has 0 fully saturated rings. The monoisotopic (exact) mass is 367 g/mol. The summed E-state index contributed by atoms with van der Waals surface area (Å²) in [5.41, 5.74) is 2.01. The minimum absolute atomic E-state index is 0.00799. The zero-order chi connectivity index (χ0) is 18.7. The van der Waals surface area contributed by atoms with Gasteiger partial charge in [0.25, 0.3) is 0 Å². The van der Waals surface area contributed by atoms with Crippen LogP contribution in [0.5, 0.6) is 5.88 Å². The number of para-hydroxylation sites is 2. The lowest BCUT2D eigenvalue weighted by Gasteiger charge is -2.15. The molecule has 1 aromatic heterocycles. The quantitative estimate of drug-likeness (QED) is 0.686. The van der Waals surface area contributed by atoms with Crippen molar-refractivity contribution in [3.63, 3.8) is 0 Å². The second kappa shape index (κ2) is 7.10. The molecule has 7 heteroatoms. The first kappa shape index (κ1) is 17.8. The molecule has 0 spiro atoms. The molecule has 0 aliphatic rings. The lowest BCUT2D eigenvalue weighted by Crippen LogP contribution is -2.16. The minimum atomic E-state index is -3.97. The van der Waals surface area contributed by atoms with Gasteiger partial charge in [-0.3, -0.25) is 0 Å². The van der Waals surface area contributed by atoms with Crippen LogP contribution in [-0.2, 0) is 9.84 Å². The third-order valence-electron chi connectivity index (χ3n) is 3.87. The van der Waals surface area contributed by atoms with Crippen LogP contribution >= 0.6 is 0 Å². The van der Waals surface area contributed by atoms with E-state index in [1.165, 1.54) is 12.1 Å². The van der Waals surface area contributed by atoms with Gasteiger partial charge in [-0.25, -0.2) is 18.4 Å². The van der Waals surface area contributed by atoms with Crippen LogP contribution in [0.4, 0.5) is 0 Å². The average molecular weight is 367 g/mol. The lowest BCUT2D eigenvalue weighted by molar-refractivity contribution is 0.322. The Bertz CT molecular complexity index is 1090. The van der Waals surface area contributed by atoms with Crippen LogP contribution < -0.4 is 4.74 Å². The molecule has 0 bridgehead atoms. The zero-order valence-electron chi connectivity index (χ0n) is 14.4. The highest BCUT2D eigenvalue weighted by atomic mass is 32.2. The predicted octanol–water partition coefficient (Wildman–Crippen LogP) is 3.38. The minimum Gasteiger partial charge on any atom is -0.477 e. The van der Waals surface area contributed by atoms with Crippen molar-refractivity contribution in [3.8, 4) is 11.9 Å². The number of aromatic nitrogens is 2. The Morgan fingerprint density at radius 2 is 1.69 bits per heavy atom. The van der Waals surface area contributed by atoms with E-state index in [4.69, 9.17) is 4.74 Å².